The first-order chi connectivity index (χ1) is 16.3. The summed E-state index contributed by atoms with van der Waals surface area (Å²) in [6.45, 7) is 0.327. The molecule has 0 bridgehead atoms. The van der Waals surface area contributed by atoms with Crippen LogP contribution in [0.5, 0.6) is 5.75 Å². The van der Waals surface area contributed by atoms with Crippen LogP contribution in [0.15, 0.2) is 85.2 Å². The van der Waals surface area contributed by atoms with Gasteiger partial charge in [0.2, 0.25) is 0 Å². The summed E-state index contributed by atoms with van der Waals surface area (Å²) < 4.78 is 42.3. The lowest BCUT2D eigenvalue weighted by molar-refractivity contribution is -0.274. The average molecular weight is 467 g/mol. The van der Waals surface area contributed by atoms with E-state index in [2.05, 4.69) is 20.1 Å². The number of ether oxygens (including phenoxy) is 1. The molecule has 1 amide bonds. The smallest absolute Gasteiger partial charge is 0.406 e. The molecule has 0 saturated carbocycles. The molecule has 1 N–H and O–H groups in total. The number of nitrogens with zero attached hydrogens (tertiary/aromatic N) is 4. The number of benzene rings is 3. The summed E-state index contributed by atoms with van der Waals surface area (Å²) in [4.78, 5) is 18.4. The van der Waals surface area contributed by atoms with Crippen LogP contribution in [-0.4, -0.2) is 40.8 Å². The highest BCUT2D eigenvalue weighted by Gasteiger charge is 2.31. The second kappa shape index (κ2) is 9.65. The van der Waals surface area contributed by atoms with E-state index in [9.17, 15) is 18.0 Å². The fraction of sp³-hybridized carbons (Fsp3) is 0.125. The minimum atomic E-state index is -4.74. The van der Waals surface area contributed by atoms with E-state index in [0.717, 1.165) is 11.3 Å². The number of anilines is 1. The molecule has 7 nitrogen and oxygen atoms in total. The third-order valence-corrected chi connectivity index (χ3v) is 4.91. The zero-order valence-corrected chi connectivity index (χ0v) is 18.0. The van der Waals surface area contributed by atoms with E-state index in [0.29, 0.717) is 23.7 Å². The van der Waals surface area contributed by atoms with Gasteiger partial charge in [-0.2, -0.15) is 0 Å². The number of alkyl halides is 3. The van der Waals surface area contributed by atoms with Crippen molar-refractivity contribution in [2.45, 2.75) is 6.36 Å². The van der Waals surface area contributed by atoms with Crippen molar-refractivity contribution < 1.29 is 22.7 Å². The van der Waals surface area contributed by atoms with Crippen molar-refractivity contribution >= 4 is 11.6 Å². The molecule has 0 atom stereocenters. The molecule has 4 rings (SSSR count). The number of rotatable bonds is 7. The van der Waals surface area contributed by atoms with Gasteiger partial charge in [0.15, 0.2) is 5.82 Å². The Bertz CT molecular complexity index is 1240. The Labute approximate surface area is 193 Å². The van der Waals surface area contributed by atoms with Crippen molar-refractivity contribution in [3.05, 3.63) is 90.8 Å². The second-order valence-electron chi connectivity index (χ2n) is 7.33. The zero-order valence-electron chi connectivity index (χ0n) is 18.0. The molecular weight excluding hydrogens is 447 g/mol. The summed E-state index contributed by atoms with van der Waals surface area (Å²) in [6.07, 6.45) is -3.26. The summed E-state index contributed by atoms with van der Waals surface area (Å²) in [6, 6.07) is 21.8. The molecule has 0 saturated heterocycles. The number of aromatic nitrogens is 3. The van der Waals surface area contributed by atoms with Gasteiger partial charge in [0.1, 0.15) is 12.1 Å². The zero-order chi connectivity index (χ0) is 24.1. The van der Waals surface area contributed by atoms with Crippen molar-refractivity contribution in [3.63, 3.8) is 0 Å². The van der Waals surface area contributed by atoms with Gasteiger partial charge < -0.3 is 15.0 Å². The fourth-order valence-corrected chi connectivity index (χ4v) is 3.16. The Morgan fingerprint density at radius 2 is 1.68 bits per heavy atom. The third kappa shape index (κ3) is 5.71. The summed E-state index contributed by atoms with van der Waals surface area (Å²) in [5.74, 6) is -0.00438. The second-order valence-corrected chi connectivity index (χ2v) is 7.33. The number of nitrogens with one attached hydrogen (secondary N) is 1. The highest BCUT2D eigenvalue weighted by atomic mass is 19.4. The standard InChI is InChI=1S/C24H20F3N5O2/c1-31(15-29-23(33)18-5-3-2-4-6-18)19-9-7-17(8-10-19)22-28-16-32(30-22)20-11-13-21(14-12-20)34-24(25,26)27/h2-14,16H,15H2,1H3,(H,29,33). The van der Waals surface area contributed by atoms with E-state index in [1.165, 1.54) is 35.3 Å². The Morgan fingerprint density at radius 1 is 1.00 bits per heavy atom. The summed E-state index contributed by atoms with van der Waals surface area (Å²) in [5, 5.41) is 7.26. The molecule has 0 fully saturated rings. The predicted octanol–water partition coefficient (Wildman–Crippen LogP) is 4.66. The van der Waals surface area contributed by atoms with Crippen LogP contribution >= 0.6 is 0 Å². The van der Waals surface area contributed by atoms with Crippen LogP contribution in [0.3, 0.4) is 0 Å². The first kappa shape index (κ1) is 22.8. The van der Waals surface area contributed by atoms with Crippen molar-refractivity contribution in [1.82, 2.24) is 20.1 Å². The molecule has 10 heteroatoms. The van der Waals surface area contributed by atoms with Gasteiger partial charge in [-0.3, -0.25) is 4.79 Å². The molecule has 174 valence electrons. The van der Waals surface area contributed by atoms with Gasteiger partial charge >= 0.3 is 6.36 Å². The number of halogens is 3. The summed E-state index contributed by atoms with van der Waals surface area (Å²) in [5.41, 5.74) is 2.78. The minimum Gasteiger partial charge on any atom is -0.406 e. The highest BCUT2D eigenvalue weighted by Crippen LogP contribution is 2.24. The van der Waals surface area contributed by atoms with Crippen LogP contribution in [0.25, 0.3) is 17.1 Å². The fourth-order valence-electron chi connectivity index (χ4n) is 3.16. The van der Waals surface area contributed by atoms with E-state index >= 15 is 0 Å². The first-order valence-electron chi connectivity index (χ1n) is 10.2. The Balaban J connectivity index is 1.38. The van der Waals surface area contributed by atoms with Crippen LogP contribution in [0.2, 0.25) is 0 Å². The van der Waals surface area contributed by atoms with E-state index in [1.807, 2.05) is 54.4 Å². The molecule has 0 aliphatic rings. The van der Waals surface area contributed by atoms with Crippen LogP contribution in [0.1, 0.15) is 10.4 Å². The molecule has 0 aliphatic heterocycles. The van der Waals surface area contributed by atoms with Crippen LogP contribution in [0, 0.1) is 0 Å². The molecule has 34 heavy (non-hydrogen) atoms. The monoisotopic (exact) mass is 467 g/mol. The largest absolute Gasteiger partial charge is 0.573 e. The number of hydrogen-bond donors (Lipinski definition) is 1. The first-order valence-corrected chi connectivity index (χ1v) is 10.2. The minimum absolute atomic E-state index is 0.156. The lowest BCUT2D eigenvalue weighted by atomic mass is 10.2. The molecule has 0 unspecified atom stereocenters. The van der Waals surface area contributed by atoms with Crippen LogP contribution in [-0.2, 0) is 0 Å². The molecule has 0 spiro atoms. The Hall–Kier alpha value is -4.34. The van der Waals surface area contributed by atoms with Gasteiger partial charge in [-0.25, -0.2) is 9.67 Å². The molecule has 1 aromatic heterocycles. The SMILES string of the molecule is CN(CNC(=O)c1ccccc1)c1ccc(-c2ncn(-c3ccc(OC(F)(F)F)cc3)n2)cc1. The predicted molar refractivity (Wildman–Crippen MR) is 121 cm³/mol. The maximum atomic E-state index is 12.3. The number of carbonyl (C=O) groups excluding carboxylic acids is 1. The van der Waals surface area contributed by atoms with E-state index in [4.69, 9.17) is 0 Å². The average Bonchev–Trinajstić information content (AvgIpc) is 3.33. The van der Waals surface area contributed by atoms with Crippen molar-refractivity contribution in [3.8, 4) is 22.8 Å². The van der Waals surface area contributed by atoms with Gasteiger partial charge in [0.05, 0.1) is 12.4 Å². The van der Waals surface area contributed by atoms with Crippen LogP contribution in [0.4, 0.5) is 18.9 Å². The number of amides is 1. The number of carbonyl (C=O) groups is 1. The van der Waals surface area contributed by atoms with Crippen molar-refractivity contribution in [1.29, 1.82) is 0 Å². The van der Waals surface area contributed by atoms with Crippen molar-refractivity contribution in [2.75, 3.05) is 18.6 Å². The molecule has 3 aromatic carbocycles. The van der Waals surface area contributed by atoms with Gasteiger partial charge in [-0.05, 0) is 60.7 Å². The molecule has 1 heterocycles. The van der Waals surface area contributed by atoms with E-state index in [-0.39, 0.29) is 11.7 Å². The Morgan fingerprint density at radius 3 is 2.32 bits per heavy atom. The summed E-state index contributed by atoms with van der Waals surface area (Å²) >= 11 is 0. The van der Waals surface area contributed by atoms with Crippen molar-refractivity contribution in [2.24, 2.45) is 0 Å². The molecular formula is C24H20F3N5O2. The van der Waals surface area contributed by atoms with E-state index < -0.39 is 6.36 Å². The highest BCUT2D eigenvalue weighted by molar-refractivity contribution is 5.94. The molecule has 0 radical (unpaired) electrons. The lowest BCUT2D eigenvalue weighted by Crippen LogP contribution is -2.35. The van der Waals surface area contributed by atoms with E-state index in [1.54, 1.807) is 12.1 Å². The maximum Gasteiger partial charge on any atom is 0.573 e. The normalized spacial score (nSPS) is 11.2. The van der Waals surface area contributed by atoms with Gasteiger partial charge in [-0.1, -0.05) is 18.2 Å². The maximum absolute atomic E-state index is 12.3. The topological polar surface area (TPSA) is 72.3 Å². The van der Waals surface area contributed by atoms with Crippen LogP contribution < -0.4 is 15.0 Å². The quantitative estimate of drug-likeness (QED) is 0.401. The summed E-state index contributed by atoms with van der Waals surface area (Å²) in [7, 11) is 1.86. The third-order valence-electron chi connectivity index (χ3n) is 4.91. The lowest BCUT2D eigenvalue weighted by Gasteiger charge is -2.20. The van der Waals surface area contributed by atoms with Gasteiger partial charge in [0, 0.05) is 23.9 Å². The number of hydrogen-bond acceptors (Lipinski definition) is 5. The Kier molecular flexibility index (Phi) is 6.48. The molecule has 4 aromatic rings. The molecule has 0 aliphatic carbocycles. The van der Waals surface area contributed by atoms with Gasteiger partial charge in [0.25, 0.3) is 5.91 Å². The van der Waals surface area contributed by atoms with Gasteiger partial charge in [-0.15, -0.1) is 18.3 Å².